The molecule has 6 nitrogen and oxygen atoms in total. The van der Waals surface area contributed by atoms with E-state index >= 15 is 0 Å². The molecule has 9 heteroatoms. The van der Waals surface area contributed by atoms with Gasteiger partial charge in [-0.1, -0.05) is 29.3 Å². The van der Waals surface area contributed by atoms with Crippen LogP contribution in [0.2, 0.25) is 10.0 Å². The molecule has 0 unspecified atom stereocenters. The van der Waals surface area contributed by atoms with Crippen molar-refractivity contribution in [1.82, 2.24) is 20.1 Å². The van der Waals surface area contributed by atoms with Crippen LogP contribution in [0.4, 0.5) is 10.2 Å². The van der Waals surface area contributed by atoms with E-state index < -0.39 is 0 Å². The van der Waals surface area contributed by atoms with E-state index in [4.69, 9.17) is 23.2 Å². The monoisotopic (exact) mass is 493 g/mol. The van der Waals surface area contributed by atoms with E-state index in [9.17, 15) is 9.18 Å². The third kappa shape index (κ3) is 5.60. The van der Waals surface area contributed by atoms with Crippen molar-refractivity contribution in [3.05, 3.63) is 57.5 Å². The summed E-state index contributed by atoms with van der Waals surface area (Å²) in [6.07, 6.45) is 3.72. The van der Waals surface area contributed by atoms with Crippen LogP contribution < -0.4 is 10.2 Å². The lowest BCUT2D eigenvalue weighted by Gasteiger charge is -2.47. The Kier molecular flexibility index (Phi) is 7.74. The number of halogens is 3. The average molecular weight is 494 g/mol. The number of piperidine rings is 1. The number of carbonyl (C=O) groups excluding carboxylic acids is 1. The predicted molar refractivity (Wildman–Crippen MR) is 131 cm³/mol. The molecule has 2 saturated heterocycles. The minimum Gasteiger partial charge on any atom is -0.355 e. The molecule has 0 spiro atoms. The van der Waals surface area contributed by atoms with Gasteiger partial charge in [-0.05, 0) is 51.1 Å². The van der Waals surface area contributed by atoms with Crippen LogP contribution >= 0.6 is 23.2 Å². The fourth-order valence-electron chi connectivity index (χ4n) is 4.94. The zero-order valence-corrected chi connectivity index (χ0v) is 20.5. The van der Waals surface area contributed by atoms with E-state index in [2.05, 4.69) is 31.9 Å². The summed E-state index contributed by atoms with van der Waals surface area (Å²) in [7, 11) is 1.59. The summed E-state index contributed by atoms with van der Waals surface area (Å²) in [5.41, 5.74) is 1.16. The van der Waals surface area contributed by atoms with Crippen molar-refractivity contribution in [1.29, 1.82) is 0 Å². The quantitative estimate of drug-likeness (QED) is 0.680. The normalized spacial score (nSPS) is 20.8. The largest absolute Gasteiger partial charge is 0.355 e. The van der Waals surface area contributed by atoms with Gasteiger partial charge < -0.3 is 10.2 Å². The molecule has 2 aliphatic rings. The Morgan fingerprint density at radius 2 is 1.94 bits per heavy atom. The van der Waals surface area contributed by atoms with Crippen molar-refractivity contribution < 1.29 is 9.18 Å². The van der Waals surface area contributed by atoms with Crippen molar-refractivity contribution >= 4 is 34.9 Å². The number of benzene rings is 1. The van der Waals surface area contributed by atoms with Crippen molar-refractivity contribution in [2.75, 3.05) is 44.7 Å². The van der Waals surface area contributed by atoms with E-state index in [1.165, 1.54) is 6.07 Å². The van der Waals surface area contributed by atoms with Gasteiger partial charge in [-0.25, -0.2) is 9.37 Å². The molecule has 2 aromatic rings. The van der Waals surface area contributed by atoms with Crippen molar-refractivity contribution in [3.8, 4) is 0 Å². The number of anilines is 1. The summed E-state index contributed by atoms with van der Waals surface area (Å²) in [6.45, 7) is 7.38. The number of hydrogen-bond acceptors (Lipinski definition) is 5. The Hall–Kier alpha value is -1.93. The van der Waals surface area contributed by atoms with Crippen molar-refractivity contribution in [2.24, 2.45) is 0 Å². The molecule has 2 fully saturated rings. The maximum absolute atomic E-state index is 14.2. The lowest BCUT2D eigenvalue weighted by molar-refractivity contribution is 0.0687. The molecule has 1 N–H and O–H groups in total. The van der Waals surface area contributed by atoms with Gasteiger partial charge in [-0.15, -0.1) is 0 Å². The van der Waals surface area contributed by atoms with Gasteiger partial charge in [0.25, 0.3) is 5.91 Å². The smallest absolute Gasteiger partial charge is 0.252 e. The van der Waals surface area contributed by atoms with Crippen LogP contribution in [-0.4, -0.2) is 72.5 Å². The van der Waals surface area contributed by atoms with Gasteiger partial charge in [0.1, 0.15) is 11.6 Å². The molecule has 1 aromatic carbocycles. The Balaban J connectivity index is 1.31. The fourth-order valence-corrected chi connectivity index (χ4v) is 5.38. The fraction of sp³-hybridized carbons (Fsp3) is 0.500. The second-order valence-electron chi connectivity index (χ2n) is 8.88. The average Bonchev–Trinajstić information content (AvgIpc) is 2.81. The highest BCUT2D eigenvalue weighted by Crippen LogP contribution is 2.29. The van der Waals surface area contributed by atoms with Gasteiger partial charge in [-0.2, -0.15) is 0 Å². The highest BCUT2D eigenvalue weighted by molar-refractivity contribution is 6.33. The summed E-state index contributed by atoms with van der Waals surface area (Å²) in [5.74, 6) is 0.305. The Bertz CT molecular complexity index is 999. The number of hydrogen-bond donors (Lipinski definition) is 1. The standard InChI is InChI=1S/C24H30Cl2FN5O/c1-16-14-31(23-21(26)11-18(13-29-23)24(33)28-2)9-10-32(16)20-5-7-30(8-6-20)15-17-3-4-19(25)12-22(17)27/h3-4,11-13,16,20H,5-10,14-15H2,1-2H3,(H,28,33)/t16-/m0/s1. The van der Waals surface area contributed by atoms with Crippen LogP contribution in [-0.2, 0) is 6.54 Å². The molecule has 0 bridgehead atoms. The number of aromatic nitrogens is 1. The zero-order valence-electron chi connectivity index (χ0n) is 19.0. The van der Waals surface area contributed by atoms with E-state index in [-0.39, 0.29) is 11.7 Å². The van der Waals surface area contributed by atoms with E-state index in [1.807, 2.05) is 0 Å². The van der Waals surface area contributed by atoms with Crippen LogP contribution in [0.5, 0.6) is 0 Å². The van der Waals surface area contributed by atoms with E-state index in [0.29, 0.717) is 39.8 Å². The van der Waals surface area contributed by atoms with Crippen LogP contribution in [0.3, 0.4) is 0 Å². The van der Waals surface area contributed by atoms with Gasteiger partial charge in [0.2, 0.25) is 0 Å². The SMILES string of the molecule is CNC(=O)c1cnc(N2CCN(C3CCN(Cc4ccc(Cl)cc4F)CC3)[C@@H](C)C2)c(Cl)c1. The minimum absolute atomic E-state index is 0.195. The number of piperazine rings is 1. The molecular weight excluding hydrogens is 464 g/mol. The molecule has 0 saturated carbocycles. The van der Waals surface area contributed by atoms with Gasteiger partial charge in [0.15, 0.2) is 0 Å². The summed E-state index contributed by atoms with van der Waals surface area (Å²) in [4.78, 5) is 23.4. The predicted octanol–water partition coefficient (Wildman–Crippen LogP) is 4.06. The topological polar surface area (TPSA) is 51.7 Å². The van der Waals surface area contributed by atoms with Crippen LogP contribution in [0.25, 0.3) is 0 Å². The molecule has 1 aromatic heterocycles. The van der Waals surface area contributed by atoms with E-state index in [0.717, 1.165) is 51.4 Å². The Morgan fingerprint density at radius 1 is 1.18 bits per heavy atom. The number of nitrogens with zero attached hydrogens (tertiary/aromatic N) is 4. The molecule has 0 radical (unpaired) electrons. The lowest BCUT2D eigenvalue weighted by atomic mass is 9.99. The van der Waals surface area contributed by atoms with Gasteiger partial charge in [0.05, 0.1) is 10.6 Å². The number of rotatable bonds is 5. The second kappa shape index (κ2) is 10.6. The number of amides is 1. The van der Waals surface area contributed by atoms with Gasteiger partial charge in [-0.3, -0.25) is 14.6 Å². The van der Waals surface area contributed by atoms with Gasteiger partial charge in [0, 0.05) is 62.1 Å². The first kappa shape index (κ1) is 24.2. The summed E-state index contributed by atoms with van der Waals surface area (Å²) >= 11 is 12.3. The number of nitrogens with one attached hydrogen (secondary N) is 1. The molecule has 2 aliphatic heterocycles. The van der Waals surface area contributed by atoms with Crippen molar-refractivity contribution in [3.63, 3.8) is 0 Å². The van der Waals surface area contributed by atoms with Crippen LogP contribution in [0.1, 0.15) is 35.7 Å². The maximum atomic E-state index is 14.2. The van der Waals surface area contributed by atoms with Crippen molar-refractivity contribution in [2.45, 2.75) is 38.4 Å². The molecular formula is C24H30Cl2FN5O. The molecule has 178 valence electrons. The molecule has 1 atom stereocenters. The third-order valence-corrected chi connectivity index (χ3v) is 7.24. The molecule has 33 heavy (non-hydrogen) atoms. The lowest BCUT2D eigenvalue weighted by Crippen LogP contribution is -2.57. The first-order valence-electron chi connectivity index (χ1n) is 11.4. The van der Waals surface area contributed by atoms with E-state index in [1.54, 1.807) is 31.4 Å². The summed E-state index contributed by atoms with van der Waals surface area (Å²) in [6, 6.07) is 7.48. The maximum Gasteiger partial charge on any atom is 0.252 e. The molecule has 4 rings (SSSR count). The summed E-state index contributed by atoms with van der Waals surface area (Å²) < 4.78 is 14.2. The summed E-state index contributed by atoms with van der Waals surface area (Å²) in [5, 5.41) is 3.52. The molecule has 1 amide bonds. The minimum atomic E-state index is -0.231. The zero-order chi connectivity index (χ0) is 23.5. The number of pyridine rings is 1. The van der Waals surface area contributed by atoms with Crippen LogP contribution in [0.15, 0.2) is 30.5 Å². The first-order chi connectivity index (χ1) is 15.9. The Morgan fingerprint density at radius 3 is 2.58 bits per heavy atom. The molecule has 3 heterocycles. The van der Waals surface area contributed by atoms with Crippen LogP contribution in [0, 0.1) is 5.82 Å². The first-order valence-corrected chi connectivity index (χ1v) is 12.2. The third-order valence-electron chi connectivity index (χ3n) is 6.72. The number of carbonyl (C=O) groups is 1. The molecule has 0 aliphatic carbocycles. The highest BCUT2D eigenvalue weighted by Gasteiger charge is 2.32. The highest BCUT2D eigenvalue weighted by atomic mass is 35.5. The number of likely N-dealkylation sites (tertiary alicyclic amines) is 1. The van der Waals surface area contributed by atoms with Gasteiger partial charge >= 0.3 is 0 Å². The Labute approximate surface area is 204 Å². The second-order valence-corrected chi connectivity index (χ2v) is 9.73.